The minimum atomic E-state index is -0.698. The number of carbonyl (C=O) groups excluding carboxylic acids is 1. The van der Waals surface area contributed by atoms with Gasteiger partial charge in [0.1, 0.15) is 0 Å². The molecule has 2 aromatic rings. The number of likely N-dealkylation sites (tertiary alicyclic amines) is 1. The van der Waals surface area contributed by atoms with Gasteiger partial charge in [0.25, 0.3) is 0 Å². The van der Waals surface area contributed by atoms with Gasteiger partial charge in [0.2, 0.25) is 11.9 Å². The normalized spacial score (nSPS) is 17.4. The van der Waals surface area contributed by atoms with Gasteiger partial charge in [0.05, 0.1) is 12.4 Å². The molecule has 0 bridgehead atoms. The van der Waals surface area contributed by atoms with Crippen molar-refractivity contribution in [2.75, 3.05) is 18.4 Å². The van der Waals surface area contributed by atoms with Crippen LogP contribution in [0.4, 0.5) is 10.2 Å². The predicted octanol–water partition coefficient (Wildman–Crippen LogP) is 2.86. The summed E-state index contributed by atoms with van der Waals surface area (Å²) in [5.41, 5.74) is 0.807. The number of benzene rings is 1. The second-order valence-corrected chi connectivity index (χ2v) is 6.50. The number of aromatic nitrogens is 2. The number of nitrogens with zero attached hydrogens (tertiary/aromatic N) is 3. The van der Waals surface area contributed by atoms with Gasteiger partial charge in [-0.25, -0.2) is 0 Å². The molecule has 6 heteroatoms. The number of piperidine rings is 1. The lowest BCUT2D eigenvalue weighted by molar-refractivity contribution is -0.127. The van der Waals surface area contributed by atoms with E-state index in [1.807, 2.05) is 25.1 Å². The fourth-order valence-corrected chi connectivity index (χ4v) is 2.94. The van der Waals surface area contributed by atoms with E-state index in [0.717, 1.165) is 38.7 Å². The molecule has 1 amide bonds. The maximum absolute atomic E-state index is 13.1. The molecule has 1 aliphatic rings. The zero-order chi connectivity index (χ0) is 17.0. The van der Waals surface area contributed by atoms with Crippen LogP contribution in [0.3, 0.4) is 0 Å². The topological polar surface area (TPSA) is 58.1 Å². The van der Waals surface area contributed by atoms with Gasteiger partial charge in [-0.05, 0) is 31.5 Å². The molecule has 5 nitrogen and oxygen atoms in total. The van der Waals surface area contributed by atoms with Gasteiger partial charge in [-0.1, -0.05) is 37.3 Å². The van der Waals surface area contributed by atoms with E-state index < -0.39 is 11.4 Å². The second-order valence-electron chi connectivity index (χ2n) is 6.50. The fourth-order valence-electron chi connectivity index (χ4n) is 2.94. The number of anilines is 1. The van der Waals surface area contributed by atoms with E-state index in [1.54, 1.807) is 0 Å². The molecule has 0 aliphatic carbocycles. The third-order valence-corrected chi connectivity index (χ3v) is 4.60. The summed E-state index contributed by atoms with van der Waals surface area (Å²) in [6.45, 7) is 4.56. The monoisotopic (exact) mass is 328 g/mol. The van der Waals surface area contributed by atoms with Gasteiger partial charge in [0, 0.05) is 12.0 Å². The molecule has 126 valence electrons. The highest BCUT2D eigenvalue weighted by Gasteiger charge is 2.37. The van der Waals surface area contributed by atoms with Crippen molar-refractivity contribution >= 4 is 11.7 Å². The molecule has 1 aromatic heterocycles. The maximum Gasteiger partial charge on any atom is 0.233 e. The number of rotatable bonds is 4. The van der Waals surface area contributed by atoms with Crippen LogP contribution in [0, 0.1) is 11.4 Å². The van der Waals surface area contributed by atoms with Crippen LogP contribution < -0.4 is 5.32 Å². The molecule has 1 fully saturated rings. The molecule has 1 aliphatic heterocycles. The van der Waals surface area contributed by atoms with Gasteiger partial charge in [-0.3, -0.25) is 14.7 Å². The molecule has 3 rings (SSSR count). The van der Waals surface area contributed by atoms with Crippen LogP contribution in [0.25, 0.3) is 0 Å². The highest BCUT2D eigenvalue weighted by Crippen LogP contribution is 2.32. The zero-order valence-electron chi connectivity index (χ0n) is 13.7. The lowest BCUT2D eigenvalue weighted by Gasteiger charge is -2.38. The largest absolute Gasteiger partial charge is 0.309 e. The Morgan fingerprint density at radius 3 is 2.62 bits per heavy atom. The second kappa shape index (κ2) is 7.05. The van der Waals surface area contributed by atoms with Crippen LogP contribution >= 0.6 is 0 Å². The van der Waals surface area contributed by atoms with Crippen molar-refractivity contribution in [1.82, 2.24) is 14.9 Å². The highest BCUT2D eigenvalue weighted by molar-refractivity contribution is 5.94. The van der Waals surface area contributed by atoms with Crippen molar-refractivity contribution < 1.29 is 9.18 Å². The molecule has 1 saturated heterocycles. The third kappa shape index (κ3) is 3.94. The molecule has 1 aromatic carbocycles. The highest BCUT2D eigenvalue weighted by atomic mass is 19.1. The molecule has 0 saturated carbocycles. The van der Waals surface area contributed by atoms with Gasteiger partial charge >= 0.3 is 0 Å². The van der Waals surface area contributed by atoms with Crippen LogP contribution in [-0.2, 0) is 11.3 Å². The van der Waals surface area contributed by atoms with Gasteiger partial charge in [-0.15, -0.1) is 0 Å². The SMILES string of the molecule is CC1(C(=O)Nc2cncc(F)n2)CCN(Cc2ccccc2)CC1. The molecular formula is C18H21FN4O. The van der Waals surface area contributed by atoms with E-state index in [9.17, 15) is 9.18 Å². The van der Waals surface area contributed by atoms with Crippen LogP contribution in [0.15, 0.2) is 42.7 Å². The summed E-state index contributed by atoms with van der Waals surface area (Å²) in [5, 5.41) is 2.69. The van der Waals surface area contributed by atoms with E-state index in [-0.39, 0.29) is 11.7 Å². The van der Waals surface area contributed by atoms with Gasteiger partial charge in [0.15, 0.2) is 5.82 Å². The molecule has 0 spiro atoms. The molecule has 0 radical (unpaired) electrons. The average Bonchev–Trinajstić information content (AvgIpc) is 2.58. The minimum Gasteiger partial charge on any atom is -0.309 e. The molecule has 0 atom stereocenters. The Kier molecular flexibility index (Phi) is 4.85. The number of halogens is 1. The average molecular weight is 328 g/mol. The Bertz CT molecular complexity index is 699. The number of hydrogen-bond acceptors (Lipinski definition) is 4. The van der Waals surface area contributed by atoms with Crippen molar-refractivity contribution in [1.29, 1.82) is 0 Å². The minimum absolute atomic E-state index is 0.123. The smallest absolute Gasteiger partial charge is 0.233 e. The Hall–Kier alpha value is -2.34. The summed E-state index contributed by atoms with van der Waals surface area (Å²) < 4.78 is 13.1. The van der Waals surface area contributed by atoms with Crippen LogP contribution in [0.1, 0.15) is 25.3 Å². The molecule has 0 unspecified atom stereocenters. The van der Waals surface area contributed by atoms with Crippen molar-refractivity contribution in [3.63, 3.8) is 0 Å². The summed E-state index contributed by atoms with van der Waals surface area (Å²) in [6.07, 6.45) is 3.89. The van der Waals surface area contributed by atoms with Crippen molar-refractivity contribution in [2.24, 2.45) is 5.41 Å². The summed E-state index contributed by atoms with van der Waals surface area (Å²) in [5.74, 6) is -0.662. The first-order chi connectivity index (χ1) is 11.5. The first kappa shape index (κ1) is 16.5. The van der Waals surface area contributed by atoms with E-state index in [0.29, 0.717) is 0 Å². The number of amides is 1. The quantitative estimate of drug-likeness (QED) is 0.937. The van der Waals surface area contributed by atoms with Crippen LogP contribution in [0.2, 0.25) is 0 Å². The molecule has 2 heterocycles. The Labute approximate surface area is 140 Å². The van der Waals surface area contributed by atoms with E-state index in [1.165, 1.54) is 11.8 Å². The first-order valence-corrected chi connectivity index (χ1v) is 8.10. The van der Waals surface area contributed by atoms with Crippen molar-refractivity contribution in [3.8, 4) is 0 Å². The Balaban J connectivity index is 1.56. The third-order valence-electron chi connectivity index (χ3n) is 4.60. The molecule has 1 N–H and O–H groups in total. The van der Waals surface area contributed by atoms with E-state index >= 15 is 0 Å². The van der Waals surface area contributed by atoms with E-state index in [2.05, 4.69) is 32.3 Å². The zero-order valence-corrected chi connectivity index (χ0v) is 13.7. The lowest BCUT2D eigenvalue weighted by Crippen LogP contribution is -2.44. The number of hydrogen-bond donors (Lipinski definition) is 1. The van der Waals surface area contributed by atoms with Crippen LogP contribution in [-0.4, -0.2) is 33.9 Å². The van der Waals surface area contributed by atoms with Crippen molar-refractivity contribution in [3.05, 3.63) is 54.2 Å². The Morgan fingerprint density at radius 1 is 1.25 bits per heavy atom. The molecular weight excluding hydrogens is 307 g/mol. The van der Waals surface area contributed by atoms with Gasteiger partial charge < -0.3 is 5.32 Å². The summed E-state index contributed by atoms with van der Waals surface area (Å²) in [7, 11) is 0. The van der Waals surface area contributed by atoms with Crippen molar-refractivity contribution in [2.45, 2.75) is 26.3 Å². The fraction of sp³-hybridized carbons (Fsp3) is 0.389. The standard InChI is InChI=1S/C18H21FN4O/c1-18(17(24)22-16-12-20-11-15(19)21-16)7-9-23(10-8-18)13-14-5-3-2-4-6-14/h2-6,11-12H,7-10,13H2,1H3,(H,21,22,24). The van der Waals surface area contributed by atoms with Crippen LogP contribution in [0.5, 0.6) is 0 Å². The molecule has 24 heavy (non-hydrogen) atoms. The maximum atomic E-state index is 13.1. The van der Waals surface area contributed by atoms with Gasteiger partial charge in [-0.2, -0.15) is 9.37 Å². The predicted molar refractivity (Wildman–Crippen MR) is 89.7 cm³/mol. The Morgan fingerprint density at radius 2 is 1.96 bits per heavy atom. The van der Waals surface area contributed by atoms with E-state index in [4.69, 9.17) is 0 Å². The summed E-state index contributed by atoms with van der Waals surface area (Å²) in [4.78, 5) is 22.2. The number of carbonyl (C=O) groups is 1. The first-order valence-electron chi connectivity index (χ1n) is 8.10. The summed E-state index contributed by atoms with van der Waals surface area (Å²) >= 11 is 0. The number of nitrogens with one attached hydrogen (secondary N) is 1. The lowest BCUT2D eigenvalue weighted by atomic mass is 9.79. The summed E-state index contributed by atoms with van der Waals surface area (Å²) in [6, 6.07) is 10.3.